The third kappa shape index (κ3) is 1.76. The van der Waals surface area contributed by atoms with E-state index in [0.29, 0.717) is 16.3 Å². The van der Waals surface area contributed by atoms with Gasteiger partial charge < -0.3 is 5.32 Å². The number of halogens is 2. The standard InChI is InChI=1S/C11H11ClFN3/c1-6-10(14-2)11(16-15-6)8-5-7(12)3-4-9(8)13/h3-5,14H,1-2H3,(H,15,16). The lowest BCUT2D eigenvalue weighted by Gasteiger charge is -2.04. The summed E-state index contributed by atoms with van der Waals surface area (Å²) in [7, 11) is 1.77. The van der Waals surface area contributed by atoms with Gasteiger partial charge in [-0.15, -0.1) is 0 Å². The number of aromatic nitrogens is 2. The van der Waals surface area contributed by atoms with E-state index in [0.717, 1.165) is 11.4 Å². The molecule has 3 nitrogen and oxygen atoms in total. The van der Waals surface area contributed by atoms with Crippen LogP contribution in [0.3, 0.4) is 0 Å². The average Bonchev–Trinajstić information content (AvgIpc) is 2.63. The molecular formula is C11H11ClFN3. The Balaban J connectivity index is 2.62. The van der Waals surface area contributed by atoms with Gasteiger partial charge in [-0.05, 0) is 25.1 Å². The Bertz CT molecular complexity index is 522. The van der Waals surface area contributed by atoms with Crippen molar-refractivity contribution in [3.05, 3.63) is 34.7 Å². The van der Waals surface area contributed by atoms with E-state index in [1.165, 1.54) is 12.1 Å². The molecule has 0 amide bonds. The molecule has 2 aromatic rings. The van der Waals surface area contributed by atoms with Crippen LogP contribution < -0.4 is 5.32 Å². The van der Waals surface area contributed by atoms with Crippen molar-refractivity contribution in [3.8, 4) is 11.3 Å². The lowest BCUT2D eigenvalue weighted by atomic mass is 10.1. The molecule has 16 heavy (non-hydrogen) atoms. The third-order valence-corrected chi connectivity index (χ3v) is 2.62. The number of H-pyrrole nitrogens is 1. The van der Waals surface area contributed by atoms with Gasteiger partial charge in [-0.25, -0.2) is 4.39 Å². The summed E-state index contributed by atoms with van der Waals surface area (Å²) in [5.74, 6) is -0.340. The molecular weight excluding hydrogens is 229 g/mol. The first kappa shape index (κ1) is 11.0. The predicted molar refractivity (Wildman–Crippen MR) is 63.3 cm³/mol. The van der Waals surface area contributed by atoms with Crippen LogP contribution in [0, 0.1) is 12.7 Å². The van der Waals surface area contributed by atoms with Gasteiger partial charge in [-0.3, -0.25) is 5.10 Å². The molecule has 84 valence electrons. The molecule has 0 radical (unpaired) electrons. The fourth-order valence-electron chi connectivity index (χ4n) is 1.61. The van der Waals surface area contributed by atoms with Crippen molar-refractivity contribution in [2.45, 2.75) is 6.92 Å². The molecule has 0 saturated heterocycles. The summed E-state index contributed by atoms with van der Waals surface area (Å²) in [6, 6.07) is 4.41. The van der Waals surface area contributed by atoms with Crippen LogP contribution in [0.4, 0.5) is 10.1 Å². The molecule has 0 aliphatic rings. The van der Waals surface area contributed by atoms with E-state index in [9.17, 15) is 4.39 Å². The summed E-state index contributed by atoms with van der Waals surface area (Å²) >= 11 is 5.84. The van der Waals surface area contributed by atoms with E-state index in [2.05, 4.69) is 15.5 Å². The second kappa shape index (κ2) is 4.14. The van der Waals surface area contributed by atoms with Gasteiger partial charge >= 0.3 is 0 Å². The SMILES string of the molecule is CNc1c(-c2cc(Cl)ccc2F)n[nH]c1C. The number of rotatable bonds is 2. The second-order valence-electron chi connectivity index (χ2n) is 3.45. The molecule has 1 aromatic heterocycles. The molecule has 0 bridgehead atoms. The number of hydrogen-bond acceptors (Lipinski definition) is 2. The normalized spacial score (nSPS) is 10.5. The molecule has 0 fully saturated rings. The van der Waals surface area contributed by atoms with Gasteiger partial charge in [0, 0.05) is 17.6 Å². The number of aromatic amines is 1. The van der Waals surface area contributed by atoms with Gasteiger partial charge in [0.2, 0.25) is 0 Å². The van der Waals surface area contributed by atoms with Crippen molar-refractivity contribution in [1.82, 2.24) is 10.2 Å². The average molecular weight is 240 g/mol. The Morgan fingerprint density at radius 1 is 1.44 bits per heavy atom. The largest absolute Gasteiger partial charge is 0.385 e. The van der Waals surface area contributed by atoms with Crippen molar-refractivity contribution in [1.29, 1.82) is 0 Å². The first-order valence-electron chi connectivity index (χ1n) is 4.81. The zero-order valence-electron chi connectivity index (χ0n) is 8.94. The van der Waals surface area contributed by atoms with Crippen LogP contribution in [-0.2, 0) is 0 Å². The van der Waals surface area contributed by atoms with Gasteiger partial charge in [0.15, 0.2) is 0 Å². The molecule has 0 aliphatic carbocycles. The minimum absolute atomic E-state index is 0.340. The fourth-order valence-corrected chi connectivity index (χ4v) is 1.78. The Hall–Kier alpha value is -1.55. The first-order chi connectivity index (χ1) is 7.63. The number of benzene rings is 1. The van der Waals surface area contributed by atoms with Crippen molar-refractivity contribution < 1.29 is 4.39 Å². The minimum Gasteiger partial charge on any atom is -0.385 e. The van der Waals surface area contributed by atoms with Crippen LogP contribution in [-0.4, -0.2) is 17.2 Å². The van der Waals surface area contributed by atoms with E-state index in [1.54, 1.807) is 13.1 Å². The second-order valence-corrected chi connectivity index (χ2v) is 3.88. The van der Waals surface area contributed by atoms with Crippen LogP contribution in [0.25, 0.3) is 11.3 Å². The van der Waals surface area contributed by atoms with E-state index in [-0.39, 0.29) is 5.82 Å². The summed E-state index contributed by atoms with van der Waals surface area (Å²) in [4.78, 5) is 0. The van der Waals surface area contributed by atoms with Crippen molar-refractivity contribution in [2.75, 3.05) is 12.4 Å². The van der Waals surface area contributed by atoms with E-state index < -0.39 is 0 Å². The summed E-state index contributed by atoms with van der Waals surface area (Å²) in [5.41, 5.74) is 2.57. The fraction of sp³-hybridized carbons (Fsp3) is 0.182. The molecule has 2 N–H and O–H groups in total. The summed E-state index contributed by atoms with van der Waals surface area (Å²) < 4.78 is 13.6. The van der Waals surface area contributed by atoms with E-state index in [1.807, 2.05) is 6.92 Å². The number of anilines is 1. The molecule has 1 aromatic carbocycles. The van der Waals surface area contributed by atoms with Gasteiger partial charge in [-0.2, -0.15) is 5.10 Å². The quantitative estimate of drug-likeness (QED) is 0.845. The highest BCUT2D eigenvalue weighted by Gasteiger charge is 2.14. The number of aryl methyl sites for hydroxylation is 1. The topological polar surface area (TPSA) is 40.7 Å². The van der Waals surface area contributed by atoms with Crippen LogP contribution in [0.2, 0.25) is 5.02 Å². The van der Waals surface area contributed by atoms with Gasteiger partial charge in [0.1, 0.15) is 11.5 Å². The van der Waals surface area contributed by atoms with Gasteiger partial charge in [0.05, 0.1) is 11.4 Å². The molecule has 0 saturated carbocycles. The summed E-state index contributed by atoms with van der Waals surface area (Å²) in [6.07, 6.45) is 0. The Morgan fingerprint density at radius 3 is 2.88 bits per heavy atom. The van der Waals surface area contributed by atoms with Crippen LogP contribution in [0.15, 0.2) is 18.2 Å². The van der Waals surface area contributed by atoms with Crippen molar-refractivity contribution in [3.63, 3.8) is 0 Å². The maximum absolute atomic E-state index is 13.6. The Morgan fingerprint density at radius 2 is 2.19 bits per heavy atom. The zero-order valence-corrected chi connectivity index (χ0v) is 9.69. The highest BCUT2D eigenvalue weighted by atomic mass is 35.5. The van der Waals surface area contributed by atoms with Crippen LogP contribution in [0.5, 0.6) is 0 Å². The maximum atomic E-state index is 13.6. The van der Waals surface area contributed by atoms with Crippen molar-refractivity contribution in [2.24, 2.45) is 0 Å². The lowest BCUT2D eigenvalue weighted by molar-refractivity contribution is 0.630. The highest BCUT2D eigenvalue weighted by Crippen LogP contribution is 2.31. The molecule has 0 atom stereocenters. The molecule has 0 unspecified atom stereocenters. The predicted octanol–water partition coefficient (Wildman–Crippen LogP) is 3.22. The third-order valence-electron chi connectivity index (χ3n) is 2.38. The highest BCUT2D eigenvalue weighted by molar-refractivity contribution is 6.30. The minimum atomic E-state index is -0.340. The van der Waals surface area contributed by atoms with Crippen molar-refractivity contribution >= 4 is 17.3 Å². The Labute approximate surface area is 97.6 Å². The van der Waals surface area contributed by atoms with Crippen LogP contribution >= 0.6 is 11.6 Å². The molecule has 0 aliphatic heterocycles. The van der Waals surface area contributed by atoms with E-state index >= 15 is 0 Å². The summed E-state index contributed by atoms with van der Waals surface area (Å²) in [6.45, 7) is 1.87. The first-order valence-corrected chi connectivity index (χ1v) is 5.19. The molecule has 0 spiro atoms. The van der Waals surface area contributed by atoms with Gasteiger partial charge in [-0.1, -0.05) is 11.6 Å². The van der Waals surface area contributed by atoms with Gasteiger partial charge in [0.25, 0.3) is 0 Å². The summed E-state index contributed by atoms with van der Waals surface area (Å²) in [5, 5.41) is 10.4. The lowest BCUT2D eigenvalue weighted by Crippen LogP contribution is -1.93. The number of nitrogens with one attached hydrogen (secondary N) is 2. The van der Waals surface area contributed by atoms with Crippen LogP contribution in [0.1, 0.15) is 5.69 Å². The molecule has 5 heteroatoms. The van der Waals surface area contributed by atoms with E-state index in [4.69, 9.17) is 11.6 Å². The monoisotopic (exact) mass is 239 g/mol. The molecule has 2 rings (SSSR count). The number of nitrogens with zero attached hydrogens (tertiary/aromatic N) is 1. The maximum Gasteiger partial charge on any atom is 0.132 e. The number of hydrogen-bond donors (Lipinski definition) is 2. The zero-order chi connectivity index (χ0) is 11.7. The smallest absolute Gasteiger partial charge is 0.132 e. The molecule has 1 heterocycles. The Kier molecular flexibility index (Phi) is 2.83.